The van der Waals surface area contributed by atoms with E-state index < -0.39 is 4.87 Å². The number of fused-ring (bicyclic) bond motifs is 3. The molecule has 1 fully saturated rings. The molecule has 136 valence electrons. The molecule has 1 aromatic heterocycles. The van der Waals surface area contributed by atoms with Crippen molar-refractivity contribution in [3.05, 3.63) is 34.8 Å². The van der Waals surface area contributed by atoms with E-state index in [1.54, 1.807) is 16.2 Å². The zero-order valence-electron chi connectivity index (χ0n) is 14.9. The summed E-state index contributed by atoms with van der Waals surface area (Å²) in [6.07, 6.45) is 3.78. The van der Waals surface area contributed by atoms with Crippen LogP contribution < -0.4 is 10.2 Å². The van der Waals surface area contributed by atoms with Crippen LogP contribution in [0.25, 0.3) is 0 Å². The summed E-state index contributed by atoms with van der Waals surface area (Å²) in [5.74, 6) is -0.137. The number of carbonyl (C=O) groups is 2. The Morgan fingerprint density at radius 2 is 2.15 bits per heavy atom. The Morgan fingerprint density at radius 3 is 2.92 bits per heavy atom. The second-order valence-electron chi connectivity index (χ2n) is 6.53. The van der Waals surface area contributed by atoms with Crippen molar-refractivity contribution in [2.75, 3.05) is 10.2 Å². The molecule has 1 aromatic carbocycles. The van der Waals surface area contributed by atoms with Gasteiger partial charge in [-0.05, 0) is 31.4 Å². The Bertz CT molecular complexity index is 879. The number of anilines is 2. The van der Waals surface area contributed by atoms with Crippen molar-refractivity contribution in [2.45, 2.75) is 55.7 Å². The third-order valence-corrected chi connectivity index (χ3v) is 7.47. The molecule has 0 saturated carbocycles. The van der Waals surface area contributed by atoms with Gasteiger partial charge in [-0.1, -0.05) is 44.2 Å². The number of rotatable bonds is 5. The summed E-state index contributed by atoms with van der Waals surface area (Å²) in [5, 5.41) is 3.65. The summed E-state index contributed by atoms with van der Waals surface area (Å²) in [7, 11) is 0. The van der Waals surface area contributed by atoms with E-state index in [0.717, 1.165) is 35.5 Å². The zero-order chi connectivity index (χ0) is 18.3. The van der Waals surface area contributed by atoms with Gasteiger partial charge in [-0.3, -0.25) is 19.8 Å². The van der Waals surface area contributed by atoms with Crippen LogP contribution in [0.15, 0.2) is 29.2 Å². The summed E-state index contributed by atoms with van der Waals surface area (Å²) in [4.78, 5) is 33.4. The lowest BCUT2D eigenvalue weighted by molar-refractivity contribution is -0.121. The normalized spacial score (nSPS) is 21.0. The minimum atomic E-state index is -0.885. The topological polar surface area (TPSA) is 62.3 Å². The number of para-hydroxylation sites is 1. The molecule has 1 atom stereocenters. The monoisotopic (exact) mass is 387 g/mol. The van der Waals surface area contributed by atoms with Crippen molar-refractivity contribution < 1.29 is 9.59 Å². The van der Waals surface area contributed by atoms with Crippen LogP contribution in [0.3, 0.4) is 0 Å². The predicted molar refractivity (Wildman–Crippen MR) is 106 cm³/mol. The molecule has 4 rings (SSSR count). The van der Waals surface area contributed by atoms with Crippen LogP contribution in [-0.4, -0.2) is 21.7 Å². The van der Waals surface area contributed by atoms with Gasteiger partial charge in [0.05, 0.1) is 11.4 Å². The predicted octanol–water partition coefficient (Wildman–Crippen LogP) is 4.23. The van der Waals surface area contributed by atoms with Gasteiger partial charge in [0.25, 0.3) is 5.91 Å². The summed E-state index contributed by atoms with van der Waals surface area (Å²) in [5.41, 5.74) is 1.92. The van der Waals surface area contributed by atoms with Gasteiger partial charge in [0.1, 0.15) is 0 Å². The first kappa shape index (κ1) is 17.5. The van der Waals surface area contributed by atoms with Crippen molar-refractivity contribution >= 4 is 45.7 Å². The number of carbonyl (C=O) groups excluding carboxylic acids is 2. The molecule has 0 radical (unpaired) electrons. The lowest BCUT2D eigenvalue weighted by atomic mass is 10.2. The van der Waals surface area contributed by atoms with E-state index in [4.69, 9.17) is 0 Å². The van der Waals surface area contributed by atoms with Crippen LogP contribution in [0.1, 0.15) is 43.7 Å². The first-order valence-corrected chi connectivity index (χ1v) is 10.6. The first-order valence-electron chi connectivity index (χ1n) is 9.00. The maximum absolute atomic E-state index is 13.2. The number of thiazole rings is 1. The molecule has 0 spiro atoms. The highest BCUT2D eigenvalue weighted by atomic mass is 32.2. The maximum Gasteiger partial charge on any atom is 0.263 e. The highest BCUT2D eigenvalue weighted by Gasteiger charge is 2.57. The smallest absolute Gasteiger partial charge is 0.263 e. The maximum atomic E-state index is 13.2. The molecule has 26 heavy (non-hydrogen) atoms. The fourth-order valence-electron chi connectivity index (χ4n) is 3.64. The molecule has 2 amide bonds. The molecule has 7 heteroatoms. The zero-order valence-corrected chi connectivity index (χ0v) is 16.5. The summed E-state index contributed by atoms with van der Waals surface area (Å²) >= 11 is 3.03. The molecule has 2 aromatic rings. The van der Waals surface area contributed by atoms with Crippen LogP contribution in [-0.2, 0) is 22.4 Å². The Kier molecular flexibility index (Phi) is 4.52. The third-order valence-electron chi connectivity index (χ3n) is 4.83. The van der Waals surface area contributed by atoms with Crippen molar-refractivity contribution in [1.29, 1.82) is 0 Å². The molecule has 0 aliphatic carbocycles. The highest BCUT2D eigenvalue weighted by Crippen LogP contribution is 2.56. The second-order valence-corrected chi connectivity index (χ2v) is 8.93. The largest absolute Gasteiger partial charge is 0.299 e. The van der Waals surface area contributed by atoms with Gasteiger partial charge in [-0.25, -0.2) is 4.98 Å². The third kappa shape index (κ3) is 2.65. The van der Waals surface area contributed by atoms with E-state index in [1.807, 2.05) is 24.3 Å². The molecule has 2 aliphatic heterocycles. The molecule has 0 unspecified atom stereocenters. The molecular weight excluding hydrogens is 366 g/mol. The molecule has 3 heterocycles. The second kappa shape index (κ2) is 6.70. The van der Waals surface area contributed by atoms with Gasteiger partial charge in [-0.2, -0.15) is 0 Å². The average molecular weight is 388 g/mol. The van der Waals surface area contributed by atoms with Crippen molar-refractivity contribution in [3.8, 4) is 0 Å². The van der Waals surface area contributed by atoms with Gasteiger partial charge < -0.3 is 0 Å². The van der Waals surface area contributed by atoms with E-state index in [-0.39, 0.29) is 11.8 Å². The minimum absolute atomic E-state index is 0.0117. The van der Waals surface area contributed by atoms with E-state index in [0.29, 0.717) is 18.0 Å². The quantitative estimate of drug-likeness (QED) is 0.834. The fraction of sp³-hybridized carbons (Fsp3) is 0.421. The van der Waals surface area contributed by atoms with Crippen LogP contribution in [0.4, 0.5) is 10.8 Å². The molecular formula is C19H21N3O2S2. The Labute approximate surface area is 161 Å². The Balaban J connectivity index is 1.63. The summed E-state index contributed by atoms with van der Waals surface area (Å²) in [6.45, 7) is 4.24. The SMILES string of the molecule is CCCc1nc(NC(=O)[C@@]23CCC(=O)N2c2ccccc2S3)sc1CC. The van der Waals surface area contributed by atoms with E-state index in [1.165, 1.54) is 16.6 Å². The molecule has 1 saturated heterocycles. The molecule has 5 nitrogen and oxygen atoms in total. The van der Waals surface area contributed by atoms with Crippen molar-refractivity contribution in [2.24, 2.45) is 0 Å². The number of hydrogen-bond acceptors (Lipinski definition) is 5. The highest BCUT2D eigenvalue weighted by molar-refractivity contribution is 8.02. The minimum Gasteiger partial charge on any atom is -0.299 e. The molecule has 1 N–H and O–H groups in total. The molecule has 0 bridgehead atoms. The average Bonchev–Trinajstić information content (AvgIpc) is 3.28. The van der Waals surface area contributed by atoms with E-state index >= 15 is 0 Å². The number of amides is 2. The van der Waals surface area contributed by atoms with Crippen LogP contribution in [0.5, 0.6) is 0 Å². The van der Waals surface area contributed by atoms with Crippen LogP contribution >= 0.6 is 23.1 Å². The van der Waals surface area contributed by atoms with Gasteiger partial charge in [0.15, 0.2) is 10.0 Å². The van der Waals surface area contributed by atoms with Crippen molar-refractivity contribution in [3.63, 3.8) is 0 Å². The number of hydrogen-bond donors (Lipinski definition) is 1. The van der Waals surface area contributed by atoms with Gasteiger partial charge in [0.2, 0.25) is 5.91 Å². The Morgan fingerprint density at radius 1 is 1.35 bits per heavy atom. The summed E-state index contributed by atoms with van der Waals surface area (Å²) in [6, 6.07) is 7.73. The summed E-state index contributed by atoms with van der Waals surface area (Å²) < 4.78 is 0. The number of aryl methyl sites for hydroxylation is 2. The van der Waals surface area contributed by atoms with E-state index in [9.17, 15) is 9.59 Å². The number of benzene rings is 1. The number of nitrogens with zero attached hydrogens (tertiary/aromatic N) is 2. The number of thioether (sulfide) groups is 1. The van der Waals surface area contributed by atoms with Gasteiger partial charge in [-0.15, -0.1) is 11.3 Å². The molecule has 2 aliphatic rings. The lowest BCUT2D eigenvalue weighted by Crippen LogP contribution is -2.49. The Hall–Kier alpha value is -1.86. The standard InChI is InChI=1S/C19H21N3O2S2/c1-3-7-12-14(4-2)25-18(20-12)21-17(24)19-11-10-16(23)22(19)13-8-5-6-9-15(13)26-19/h5-6,8-9H,3-4,7,10-11H2,1-2H3,(H,20,21,24)/t19-/m0/s1. The lowest BCUT2D eigenvalue weighted by Gasteiger charge is -2.29. The van der Waals surface area contributed by atoms with Crippen LogP contribution in [0, 0.1) is 0 Å². The fourth-order valence-corrected chi connectivity index (χ4v) is 5.99. The van der Waals surface area contributed by atoms with Crippen molar-refractivity contribution in [1.82, 2.24) is 4.98 Å². The van der Waals surface area contributed by atoms with Gasteiger partial charge >= 0.3 is 0 Å². The number of aromatic nitrogens is 1. The van der Waals surface area contributed by atoms with Crippen LogP contribution in [0.2, 0.25) is 0 Å². The first-order chi connectivity index (χ1) is 12.6. The van der Waals surface area contributed by atoms with E-state index in [2.05, 4.69) is 24.1 Å². The van der Waals surface area contributed by atoms with Gasteiger partial charge in [0, 0.05) is 16.2 Å². The number of nitrogens with one attached hydrogen (secondary N) is 1.